The molecule has 96 valence electrons. The maximum absolute atomic E-state index is 5.74. The Hall–Kier alpha value is -1.61. The van der Waals surface area contributed by atoms with Crippen LogP contribution in [-0.2, 0) is 19.5 Å². The van der Waals surface area contributed by atoms with Crippen LogP contribution >= 0.6 is 0 Å². The Kier molecular flexibility index (Phi) is 3.82. The van der Waals surface area contributed by atoms with E-state index in [4.69, 9.17) is 5.73 Å². The van der Waals surface area contributed by atoms with Crippen molar-refractivity contribution in [2.75, 3.05) is 0 Å². The second-order valence-electron chi connectivity index (χ2n) is 4.68. The minimum absolute atomic E-state index is 0.562. The van der Waals surface area contributed by atoms with Crippen molar-refractivity contribution in [2.45, 2.75) is 40.3 Å². The predicted octanol–water partition coefficient (Wildman–Crippen LogP) is 2.57. The quantitative estimate of drug-likeness (QED) is 0.897. The lowest BCUT2D eigenvalue weighted by Gasteiger charge is -2.06. The summed E-state index contributed by atoms with van der Waals surface area (Å²) in [5.41, 5.74) is 11.8. The van der Waals surface area contributed by atoms with E-state index in [1.165, 1.54) is 22.4 Å². The first kappa shape index (κ1) is 12.8. The standard InChI is InChI=1S/C15H21N3/c1-4-13-5-7-14(8-6-13)10-18-12(3)15(9-16)11(2)17-18/h5-8H,4,9-10,16H2,1-3H3. The summed E-state index contributed by atoms with van der Waals surface area (Å²) in [6.45, 7) is 7.65. The fraction of sp³-hybridized carbons (Fsp3) is 0.400. The third kappa shape index (κ3) is 2.46. The van der Waals surface area contributed by atoms with E-state index in [-0.39, 0.29) is 0 Å². The van der Waals surface area contributed by atoms with Crippen molar-refractivity contribution in [3.63, 3.8) is 0 Å². The van der Waals surface area contributed by atoms with Crippen molar-refractivity contribution < 1.29 is 0 Å². The number of aryl methyl sites for hydroxylation is 2. The SMILES string of the molecule is CCc1ccc(Cn2nc(C)c(CN)c2C)cc1. The van der Waals surface area contributed by atoms with Crippen LogP contribution in [0.3, 0.4) is 0 Å². The molecule has 0 spiro atoms. The average molecular weight is 243 g/mol. The highest BCUT2D eigenvalue weighted by molar-refractivity contribution is 5.27. The van der Waals surface area contributed by atoms with E-state index in [0.29, 0.717) is 6.54 Å². The summed E-state index contributed by atoms with van der Waals surface area (Å²) in [6.07, 6.45) is 1.08. The molecule has 0 atom stereocenters. The van der Waals surface area contributed by atoms with Gasteiger partial charge in [0.15, 0.2) is 0 Å². The van der Waals surface area contributed by atoms with Crippen LogP contribution in [0.2, 0.25) is 0 Å². The number of hydrogen-bond acceptors (Lipinski definition) is 2. The smallest absolute Gasteiger partial charge is 0.0662 e. The molecule has 0 fully saturated rings. The highest BCUT2D eigenvalue weighted by Gasteiger charge is 2.09. The summed E-state index contributed by atoms with van der Waals surface area (Å²) in [5, 5.41) is 4.56. The Morgan fingerprint density at radius 3 is 2.22 bits per heavy atom. The van der Waals surface area contributed by atoms with Crippen LogP contribution in [0.15, 0.2) is 24.3 Å². The molecule has 0 saturated heterocycles. The van der Waals surface area contributed by atoms with Crippen LogP contribution in [-0.4, -0.2) is 9.78 Å². The summed E-state index contributed by atoms with van der Waals surface area (Å²) in [5.74, 6) is 0. The van der Waals surface area contributed by atoms with Crippen LogP contribution in [0.1, 0.15) is 35.0 Å². The first-order chi connectivity index (χ1) is 8.65. The zero-order valence-electron chi connectivity index (χ0n) is 11.4. The van der Waals surface area contributed by atoms with E-state index in [1.807, 2.05) is 11.6 Å². The third-order valence-electron chi connectivity index (χ3n) is 3.50. The molecule has 0 aliphatic heterocycles. The summed E-state index contributed by atoms with van der Waals surface area (Å²) in [7, 11) is 0. The first-order valence-electron chi connectivity index (χ1n) is 6.46. The molecule has 1 heterocycles. The van der Waals surface area contributed by atoms with Crippen molar-refractivity contribution >= 4 is 0 Å². The summed E-state index contributed by atoms with van der Waals surface area (Å²) in [6, 6.07) is 8.73. The Labute approximate surface area is 109 Å². The van der Waals surface area contributed by atoms with Crippen molar-refractivity contribution in [3.05, 3.63) is 52.3 Å². The lowest BCUT2D eigenvalue weighted by molar-refractivity contribution is 0.658. The van der Waals surface area contributed by atoms with Gasteiger partial charge in [-0.2, -0.15) is 5.10 Å². The van der Waals surface area contributed by atoms with E-state index < -0.39 is 0 Å². The van der Waals surface area contributed by atoms with Gasteiger partial charge in [0.1, 0.15) is 0 Å². The molecule has 2 rings (SSSR count). The Balaban J connectivity index is 2.22. The number of aromatic nitrogens is 2. The molecule has 0 amide bonds. The molecule has 2 aromatic rings. The molecule has 0 aliphatic rings. The van der Waals surface area contributed by atoms with Gasteiger partial charge in [-0.25, -0.2) is 0 Å². The zero-order valence-corrected chi connectivity index (χ0v) is 11.4. The maximum Gasteiger partial charge on any atom is 0.0662 e. The van der Waals surface area contributed by atoms with Crippen molar-refractivity contribution in [3.8, 4) is 0 Å². The molecule has 0 radical (unpaired) electrons. The fourth-order valence-electron chi connectivity index (χ4n) is 2.24. The Morgan fingerprint density at radius 1 is 1.11 bits per heavy atom. The summed E-state index contributed by atoms with van der Waals surface area (Å²) < 4.78 is 2.04. The Bertz CT molecular complexity index is 523. The van der Waals surface area contributed by atoms with Gasteiger partial charge in [-0.15, -0.1) is 0 Å². The van der Waals surface area contributed by atoms with E-state index in [2.05, 4.69) is 43.2 Å². The van der Waals surface area contributed by atoms with Gasteiger partial charge in [0.25, 0.3) is 0 Å². The molecule has 0 bridgehead atoms. The molecule has 18 heavy (non-hydrogen) atoms. The van der Waals surface area contributed by atoms with Gasteiger partial charge >= 0.3 is 0 Å². The van der Waals surface area contributed by atoms with Crippen molar-refractivity contribution in [1.82, 2.24) is 9.78 Å². The van der Waals surface area contributed by atoms with E-state index in [1.54, 1.807) is 0 Å². The highest BCUT2D eigenvalue weighted by Crippen LogP contribution is 2.14. The van der Waals surface area contributed by atoms with Crippen LogP contribution in [0, 0.1) is 13.8 Å². The van der Waals surface area contributed by atoms with Crippen LogP contribution in [0.25, 0.3) is 0 Å². The van der Waals surface area contributed by atoms with E-state index in [0.717, 1.165) is 18.7 Å². The molecule has 1 aromatic heterocycles. The fourth-order valence-corrected chi connectivity index (χ4v) is 2.24. The van der Waals surface area contributed by atoms with Gasteiger partial charge in [-0.3, -0.25) is 4.68 Å². The van der Waals surface area contributed by atoms with Crippen LogP contribution in [0.4, 0.5) is 0 Å². The molecule has 3 nitrogen and oxygen atoms in total. The minimum Gasteiger partial charge on any atom is -0.326 e. The number of rotatable bonds is 4. The molecule has 0 saturated carbocycles. The highest BCUT2D eigenvalue weighted by atomic mass is 15.3. The van der Waals surface area contributed by atoms with E-state index in [9.17, 15) is 0 Å². The normalized spacial score (nSPS) is 10.9. The topological polar surface area (TPSA) is 43.8 Å². The molecule has 1 aromatic carbocycles. The monoisotopic (exact) mass is 243 g/mol. The third-order valence-corrected chi connectivity index (χ3v) is 3.50. The maximum atomic E-state index is 5.74. The first-order valence-corrected chi connectivity index (χ1v) is 6.46. The van der Waals surface area contributed by atoms with Crippen molar-refractivity contribution in [1.29, 1.82) is 0 Å². The number of nitrogens with zero attached hydrogens (tertiary/aromatic N) is 2. The zero-order chi connectivity index (χ0) is 13.1. The molecular weight excluding hydrogens is 222 g/mol. The van der Waals surface area contributed by atoms with Gasteiger partial charge < -0.3 is 5.73 Å². The lowest BCUT2D eigenvalue weighted by atomic mass is 10.1. The largest absolute Gasteiger partial charge is 0.326 e. The summed E-state index contributed by atoms with van der Waals surface area (Å²) >= 11 is 0. The second-order valence-corrected chi connectivity index (χ2v) is 4.68. The van der Waals surface area contributed by atoms with Crippen LogP contribution < -0.4 is 5.73 Å². The van der Waals surface area contributed by atoms with Crippen LogP contribution in [0.5, 0.6) is 0 Å². The number of nitrogens with two attached hydrogens (primary N) is 1. The molecular formula is C15H21N3. The van der Waals surface area contributed by atoms with Gasteiger partial charge in [0.2, 0.25) is 0 Å². The van der Waals surface area contributed by atoms with Gasteiger partial charge in [-0.05, 0) is 31.4 Å². The van der Waals surface area contributed by atoms with Crippen molar-refractivity contribution in [2.24, 2.45) is 5.73 Å². The van der Waals surface area contributed by atoms with E-state index >= 15 is 0 Å². The molecule has 0 aliphatic carbocycles. The molecule has 2 N–H and O–H groups in total. The molecule has 3 heteroatoms. The lowest BCUT2D eigenvalue weighted by Crippen LogP contribution is -2.05. The Morgan fingerprint density at radius 2 is 1.72 bits per heavy atom. The number of hydrogen-bond donors (Lipinski definition) is 1. The number of benzene rings is 1. The molecule has 0 unspecified atom stereocenters. The minimum atomic E-state index is 0.562. The van der Waals surface area contributed by atoms with Gasteiger partial charge in [0.05, 0.1) is 12.2 Å². The average Bonchev–Trinajstić information content (AvgIpc) is 2.65. The van der Waals surface area contributed by atoms with Gasteiger partial charge in [-0.1, -0.05) is 31.2 Å². The van der Waals surface area contributed by atoms with Gasteiger partial charge in [0, 0.05) is 17.8 Å². The summed E-state index contributed by atoms with van der Waals surface area (Å²) in [4.78, 5) is 0. The second kappa shape index (κ2) is 5.36. The predicted molar refractivity (Wildman–Crippen MR) is 74.5 cm³/mol.